The van der Waals surface area contributed by atoms with Gasteiger partial charge in [0.1, 0.15) is 18.0 Å². The Balaban J connectivity index is 1.71. The molecule has 0 bridgehead atoms. The van der Waals surface area contributed by atoms with Crippen LogP contribution in [-0.2, 0) is 9.59 Å². The minimum atomic E-state index is -1.15. The number of methoxy groups -OCH3 is 2. The van der Waals surface area contributed by atoms with Gasteiger partial charge in [-0.15, -0.1) is 0 Å². The molecule has 2 aromatic carbocycles. The Morgan fingerprint density at radius 3 is 2.57 bits per heavy atom. The maximum absolute atomic E-state index is 12.6. The molecular formula is C21H19NO8. The van der Waals surface area contributed by atoms with Crippen molar-refractivity contribution in [2.45, 2.75) is 0 Å². The van der Waals surface area contributed by atoms with Crippen LogP contribution in [-0.4, -0.2) is 50.1 Å². The van der Waals surface area contributed by atoms with Crippen LogP contribution in [0.5, 0.6) is 23.0 Å². The molecule has 0 fully saturated rings. The number of ether oxygens (including phenoxy) is 4. The van der Waals surface area contributed by atoms with E-state index in [-0.39, 0.29) is 18.1 Å². The number of carbonyl (C=O) groups is 3. The van der Waals surface area contributed by atoms with Gasteiger partial charge in [-0.3, -0.25) is 14.4 Å². The first-order chi connectivity index (χ1) is 14.4. The van der Waals surface area contributed by atoms with Gasteiger partial charge in [0.05, 0.1) is 19.8 Å². The summed E-state index contributed by atoms with van der Waals surface area (Å²) in [6, 6.07) is 9.77. The molecule has 9 nitrogen and oxygen atoms in total. The summed E-state index contributed by atoms with van der Waals surface area (Å²) in [6.45, 7) is -0.858. The number of carboxylic acid groups (broad SMARTS) is 1. The first-order valence-electron chi connectivity index (χ1n) is 8.83. The zero-order valence-electron chi connectivity index (χ0n) is 16.3. The molecular weight excluding hydrogens is 394 g/mol. The van der Waals surface area contributed by atoms with Crippen molar-refractivity contribution in [3.8, 4) is 23.0 Å². The average molecular weight is 413 g/mol. The Kier molecular flexibility index (Phi) is 6.21. The predicted octanol–water partition coefficient (Wildman–Crippen LogP) is 1.90. The summed E-state index contributed by atoms with van der Waals surface area (Å²) in [5, 5.41) is 10.7. The standard InChI is InChI=1S/C21H19NO8/c1-27-15-6-3-12(7-17(15)28-2)8-18-21(26)14-5-4-13(9-16(14)30-18)29-11-19(23)22-10-20(24)25/h3-9H,10-11H2,1-2H3,(H,22,23)(H,24,25)/b18-8-. The molecule has 0 radical (unpaired) electrons. The maximum Gasteiger partial charge on any atom is 0.322 e. The number of allylic oxidation sites excluding steroid dienone is 1. The highest BCUT2D eigenvalue weighted by Crippen LogP contribution is 2.35. The lowest BCUT2D eigenvalue weighted by atomic mass is 10.1. The third kappa shape index (κ3) is 4.69. The van der Waals surface area contributed by atoms with E-state index in [1.54, 1.807) is 24.3 Å². The summed E-state index contributed by atoms with van der Waals surface area (Å²) in [5.74, 6) is -0.193. The van der Waals surface area contributed by atoms with Crippen molar-refractivity contribution < 1.29 is 38.4 Å². The second kappa shape index (κ2) is 8.99. The summed E-state index contributed by atoms with van der Waals surface area (Å²) in [5.41, 5.74) is 1.06. The normalized spacial score (nSPS) is 13.4. The highest BCUT2D eigenvalue weighted by atomic mass is 16.5. The van der Waals surface area contributed by atoms with E-state index in [0.29, 0.717) is 34.1 Å². The van der Waals surface area contributed by atoms with Crippen LogP contribution in [0.3, 0.4) is 0 Å². The number of carbonyl (C=O) groups excluding carboxylic acids is 2. The minimum Gasteiger partial charge on any atom is -0.493 e. The molecule has 0 aliphatic carbocycles. The molecule has 0 saturated heterocycles. The van der Waals surface area contributed by atoms with E-state index in [0.717, 1.165) is 0 Å². The number of fused-ring (bicyclic) bond motifs is 1. The molecule has 156 valence electrons. The summed E-state index contributed by atoms with van der Waals surface area (Å²) in [6.07, 6.45) is 1.59. The molecule has 3 rings (SSSR count). The van der Waals surface area contributed by atoms with Crippen molar-refractivity contribution in [2.75, 3.05) is 27.4 Å². The summed E-state index contributed by atoms with van der Waals surface area (Å²) in [4.78, 5) is 34.6. The van der Waals surface area contributed by atoms with Crippen LogP contribution >= 0.6 is 0 Å². The fourth-order valence-electron chi connectivity index (χ4n) is 2.73. The molecule has 1 aliphatic heterocycles. The van der Waals surface area contributed by atoms with E-state index in [4.69, 9.17) is 24.1 Å². The van der Waals surface area contributed by atoms with Crippen LogP contribution in [0, 0.1) is 0 Å². The molecule has 0 saturated carbocycles. The zero-order valence-corrected chi connectivity index (χ0v) is 16.3. The van der Waals surface area contributed by atoms with Crippen LogP contribution in [0.25, 0.3) is 6.08 Å². The Hall–Kier alpha value is -4.01. The summed E-state index contributed by atoms with van der Waals surface area (Å²) < 4.78 is 21.4. The third-order valence-electron chi connectivity index (χ3n) is 4.15. The molecule has 0 spiro atoms. The number of rotatable bonds is 8. The van der Waals surface area contributed by atoms with E-state index in [2.05, 4.69) is 5.32 Å². The van der Waals surface area contributed by atoms with Crippen LogP contribution in [0.1, 0.15) is 15.9 Å². The van der Waals surface area contributed by atoms with Crippen molar-refractivity contribution in [2.24, 2.45) is 0 Å². The topological polar surface area (TPSA) is 120 Å². The number of nitrogens with one attached hydrogen (secondary N) is 1. The van der Waals surface area contributed by atoms with Crippen molar-refractivity contribution in [3.63, 3.8) is 0 Å². The van der Waals surface area contributed by atoms with Gasteiger partial charge in [-0.1, -0.05) is 6.07 Å². The fourth-order valence-corrected chi connectivity index (χ4v) is 2.73. The van der Waals surface area contributed by atoms with E-state index in [1.165, 1.54) is 32.4 Å². The monoisotopic (exact) mass is 413 g/mol. The number of amides is 1. The van der Waals surface area contributed by atoms with Crippen LogP contribution < -0.4 is 24.3 Å². The van der Waals surface area contributed by atoms with Gasteiger partial charge in [0.25, 0.3) is 5.91 Å². The number of Topliss-reactive ketones (excluding diaryl/α,β-unsaturated/α-hetero) is 1. The van der Waals surface area contributed by atoms with E-state index >= 15 is 0 Å². The van der Waals surface area contributed by atoms with Gasteiger partial charge < -0.3 is 29.4 Å². The van der Waals surface area contributed by atoms with Gasteiger partial charge in [-0.25, -0.2) is 0 Å². The Morgan fingerprint density at radius 2 is 1.87 bits per heavy atom. The SMILES string of the molecule is COc1ccc(/C=C2\Oc3cc(OCC(=O)NCC(=O)O)ccc3C2=O)cc1OC. The quantitative estimate of drug-likeness (QED) is 0.630. The van der Waals surface area contributed by atoms with Crippen molar-refractivity contribution in [1.82, 2.24) is 5.32 Å². The maximum atomic E-state index is 12.6. The minimum absolute atomic E-state index is 0.133. The second-order valence-corrected chi connectivity index (χ2v) is 6.17. The molecule has 0 aromatic heterocycles. The first-order valence-corrected chi connectivity index (χ1v) is 8.83. The highest BCUT2D eigenvalue weighted by molar-refractivity contribution is 6.14. The molecule has 1 aliphatic rings. The number of ketones is 1. The summed E-state index contributed by atoms with van der Waals surface area (Å²) >= 11 is 0. The first kappa shape index (κ1) is 20.7. The Labute approximate surface area is 171 Å². The van der Waals surface area contributed by atoms with Crippen molar-refractivity contribution >= 4 is 23.7 Å². The van der Waals surface area contributed by atoms with Gasteiger partial charge in [0.15, 0.2) is 23.9 Å². The van der Waals surface area contributed by atoms with E-state index in [1.807, 2.05) is 0 Å². The smallest absolute Gasteiger partial charge is 0.322 e. The predicted molar refractivity (Wildman–Crippen MR) is 105 cm³/mol. The molecule has 30 heavy (non-hydrogen) atoms. The Bertz CT molecular complexity index is 1030. The summed E-state index contributed by atoms with van der Waals surface area (Å²) in [7, 11) is 3.05. The molecule has 9 heteroatoms. The van der Waals surface area contributed by atoms with E-state index in [9.17, 15) is 14.4 Å². The number of hydrogen-bond donors (Lipinski definition) is 2. The second-order valence-electron chi connectivity index (χ2n) is 6.17. The fraction of sp³-hybridized carbons (Fsp3) is 0.190. The highest BCUT2D eigenvalue weighted by Gasteiger charge is 2.28. The number of carboxylic acids is 1. The lowest BCUT2D eigenvalue weighted by Gasteiger charge is -2.08. The molecule has 0 atom stereocenters. The lowest BCUT2D eigenvalue weighted by Crippen LogP contribution is -2.33. The van der Waals surface area contributed by atoms with Gasteiger partial charge in [-0.05, 0) is 35.9 Å². The molecule has 1 heterocycles. The number of benzene rings is 2. The molecule has 1 amide bonds. The third-order valence-corrected chi connectivity index (χ3v) is 4.15. The van der Waals surface area contributed by atoms with Gasteiger partial charge >= 0.3 is 5.97 Å². The largest absolute Gasteiger partial charge is 0.493 e. The van der Waals surface area contributed by atoms with E-state index < -0.39 is 18.4 Å². The average Bonchev–Trinajstić information content (AvgIpc) is 3.05. The van der Waals surface area contributed by atoms with Crippen LogP contribution in [0.15, 0.2) is 42.2 Å². The number of hydrogen-bond acceptors (Lipinski definition) is 7. The molecule has 2 N–H and O–H groups in total. The lowest BCUT2D eigenvalue weighted by molar-refractivity contribution is -0.138. The molecule has 0 unspecified atom stereocenters. The van der Waals surface area contributed by atoms with Crippen LogP contribution in [0.2, 0.25) is 0 Å². The zero-order chi connectivity index (χ0) is 21.7. The van der Waals surface area contributed by atoms with Gasteiger partial charge in [0, 0.05) is 6.07 Å². The molecule has 2 aromatic rings. The number of aliphatic carboxylic acids is 1. The van der Waals surface area contributed by atoms with Gasteiger partial charge in [-0.2, -0.15) is 0 Å². The van der Waals surface area contributed by atoms with Crippen molar-refractivity contribution in [1.29, 1.82) is 0 Å². The Morgan fingerprint density at radius 1 is 1.10 bits per heavy atom. The van der Waals surface area contributed by atoms with Gasteiger partial charge in [0.2, 0.25) is 5.78 Å². The van der Waals surface area contributed by atoms with Crippen LogP contribution in [0.4, 0.5) is 0 Å². The van der Waals surface area contributed by atoms with Crippen molar-refractivity contribution in [3.05, 3.63) is 53.3 Å².